The van der Waals surface area contributed by atoms with E-state index in [-0.39, 0.29) is 11.5 Å². The van der Waals surface area contributed by atoms with Crippen LogP contribution in [0.15, 0.2) is 48.7 Å². The molecule has 0 unspecified atom stereocenters. The number of ketones is 1. The molecule has 1 aromatic heterocycles. The molecule has 0 bridgehead atoms. The first-order valence-electron chi connectivity index (χ1n) is 4.87. The van der Waals surface area contributed by atoms with Crippen LogP contribution in [-0.2, 0) is 0 Å². The topological polar surface area (TPSA) is 68.5 Å². The highest BCUT2D eigenvalue weighted by molar-refractivity contribution is 6.07. The third-order valence-electron chi connectivity index (χ3n) is 2.16. The normalized spacial score (nSPS) is 9.88. The molecule has 0 radical (unpaired) electrons. The molecule has 1 heterocycles. The van der Waals surface area contributed by atoms with Crippen LogP contribution in [0.25, 0.3) is 0 Å². The quantitative estimate of drug-likeness (QED) is 0.818. The molecule has 0 saturated carbocycles. The fourth-order valence-electron chi connectivity index (χ4n) is 1.44. The van der Waals surface area contributed by atoms with E-state index in [1.807, 2.05) is 0 Å². The van der Waals surface area contributed by atoms with E-state index in [4.69, 9.17) is 5.11 Å². The van der Waals surface area contributed by atoms with E-state index in [0.29, 0.717) is 5.56 Å². The lowest BCUT2D eigenvalue weighted by Crippen LogP contribution is -2.21. The summed E-state index contributed by atoms with van der Waals surface area (Å²) >= 11 is 0. The molecule has 0 amide bonds. The van der Waals surface area contributed by atoms with E-state index in [9.17, 15) is 9.59 Å². The Bertz CT molecular complexity index is 545. The van der Waals surface area contributed by atoms with Crippen LogP contribution in [-0.4, -0.2) is 21.8 Å². The van der Waals surface area contributed by atoms with E-state index in [0.717, 1.165) is 4.73 Å². The average molecular weight is 231 g/mol. The zero-order valence-corrected chi connectivity index (χ0v) is 8.74. The maximum Gasteiger partial charge on any atom is 0.531 e. The van der Waals surface area contributed by atoms with Crippen LogP contribution in [0.2, 0.25) is 0 Å². The van der Waals surface area contributed by atoms with Crippen molar-refractivity contribution >= 4 is 11.9 Å². The Labute approximate surface area is 96.8 Å². The van der Waals surface area contributed by atoms with Crippen molar-refractivity contribution in [3.8, 4) is 0 Å². The number of nitrogens with zero attached hydrogens (tertiary/aromatic N) is 1. The molecule has 0 aliphatic rings. The zero-order valence-electron chi connectivity index (χ0n) is 8.74. The number of rotatable bonds is 3. The molecule has 86 valence electrons. The molecular weight excluding hydrogens is 222 g/mol. The lowest BCUT2D eigenvalue weighted by molar-refractivity contribution is 0.0763. The molecule has 2 aromatic rings. The van der Waals surface area contributed by atoms with E-state index in [2.05, 4.69) is 4.84 Å². The SMILES string of the molecule is O=C(O)On1cccc1C(=O)c1ccccc1. The van der Waals surface area contributed by atoms with E-state index in [1.165, 1.54) is 12.3 Å². The fraction of sp³-hybridized carbons (Fsp3) is 0. The predicted octanol–water partition coefficient (Wildman–Crippen LogP) is 1.83. The van der Waals surface area contributed by atoms with Gasteiger partial charge in [-0.25, -0.2) is 4.79 Å². The van der Waals surface area contributed by atoms with Crippen LogP contribution in [0.4, 0.5) is 4.79 Å². The van der Waals surface area contributed by atoms with Crippen LogP contribution < -0.4 is 4.84 Å². The molecule has 5 heteroatoms. The fourth-order valence-corrected chi connectivity index (χ4v) is 1.44. The van der Waals surface area contributed by atoms with Crippen molar-refractivity contribution in [1.82, 2.24) is 4.73 Å². The van der Waals surface area contributed by atoms with Crippen molar-refractivity contribution in [3.63, 3.8) is 0 Å². The molecule has 1 N–H and O–H groups in total. The Balaban J connectivity index is 2.32. The summed E-state index contributed by atoms with van der Waals surface area (Å²) in [6.45, 7) is 0. The summed E-state index contributed by atoms with van der Waals surface area (Å²) in [6, 6.07) is 11.6. The van der Waals surface area contributed by atoms with Gasteiger partial charge in [-0.15, -0.1) is 0 Å². The third kappa shape index (κ3) is 2.34. The summed E-state index contributed by atoms with van der Waals surface area (Å²) in [4.78, 5) is 26.9. The molecule has 5 nitrogen and oxygen atoms in total. The van der Waals surface area contributed by atoms with Crippen molar-refractivity contribution in [2.24, 2.45) is 0 Å². The first-order valence-corrected chi connectivity index (χ1v) is 4.87. The largest absolute Gasteiger partial charge is 0.531 e. The van der Waals surface area contributed by atoms with Gasteiger partial charge in [-0.1, -0.05) is 30.3 Å². The van der Waals surface area contributed by atoms with Gasteiger partial charge >= 0.3 is 6.16 Å². The second-order valence-corrected chi connectivity index (χ2v) is 3.27. The summed E-state index contributed by atoms with van der Waals surface area (Å²) in [5, 5.41) is 8.51. The summed E-state index contributed by atoms with van der Waals surface area (Å²) in [5.41, 5.74) is 0.639. The Morgan fingerprint density at radius 2 is 1.76 bits per heavy atom. The van der Waals surface area contributed by atoms with Gasteiger partial charge in [0.15, 0.2) is 0 Å². The number of carboxylic acid groups (broad SMARTS) is 1. The van der Waals surface area contributed by atoms with Gasteiger partial charge in [-0.3, -0.25) is 4.79 Å². The molecule has 0 spiro atoms. The zero-order chi connectivity index (χ0) is 12.3. The van der Waals surface area contributed by atoms with E-state index >= 15 is 0 Å². The second kappa shape index (κ2) is 4.52. The third-order valence-corrected chi connectivity index (χ3v) is 2.16. The Hall–Kier alpha value is -2.56. The molecule has 17 heavy (non-hydrogen) atoms. The van der Waals surface area contributed by atoms with Crippen LogP contribution in [0, 0.1) is 0 Å². The van der Waals surface area contributed by atoms with Gasteiger partial charge in [0.1, 0.15) is 5.69 Å². The van der Waals surface area contributed by atoms with Crippen molar-refractivity contribution < 1.29 is 19.5 Å². The average Bonchev–Trinajstić information content (AvgIpc) is 2.76. The van der Waals surface area contributed by atoms with Crippen LogP contribution in [0.3, 0.4) is 0 Å². The number of carbonyl (C=O) groups excluding carboxylic acids is 1. The van der Waals surface area contributed by atoms with Gasteiger partial charge in [-0.05, 0) is 12.1 Å². The van der Waals surface area contributed by atoms with Crippen LogP contribution in [0.5, 0.6) is 0 Å². The van der Waals surface area contributed by atoms with Crippen molar-refractivity contribution in [1.29, 1.82) is 0 Å². The maximum atomic E-state index is 12.0. The minimum absolute atomic E-state index is 0.165. The standard InChI is InChI=1S/C12H9NO4/c14-11(9-5-2-1-3-6-9)10-7-4-8-13(10)17-12(15)16/h1-8H,(H,15,16). The maximum absolute atomic E-state index is 12.0. The minimum Gasteiger partial charge on any atom is -0.448 e. The number of aromatic nitrogens is 1. The van der Waals surface area contributed by atoms with E-state index < -0.39 is 6.16 Å². The first-order chi connectivity index (χ1) is 8.18. The lowest BCUT2D eigenvalue weighted by Gasteiger charge is -2.05. The summed E-state index contributed by atoms with van der Waals surface area (Å²) < 4.78 is 0.928. The minimum atomic E-state index is -1.47. The number of hydrogen-bond donors (Lipinski definition) is 1. The van der Waals surface area contributed by atoms with Gasteiger partial charge in [0.05, 0.1) is 0 Å². The molecule has 0 fully saturated rings. The molecule has 2 rings (SSSR count). The molecule has 0 aliphatic carbocycles. The van der Waals surface area contributed by atoms with Gasteiger partial charge in [0, 0.05) is 11.8 Å². The first kappa shape index (κ1) is 10.9. The van der Waals surface area contributed by atoms with Crippen LogP contribution >= 0.6 is 0 Å². The smallest absolute Gasteiger partial charge is 0.448 e. The highest BCUT2D eigenvalue weighted by Gasteiger charge is 2.15. The highest BCUT2D eigenvalue weighted by Crippen LogP contribution is 2.09. The molecule has 1 aromatic carbocycles. The highest BCUT2D eigenvalue weighted by atomic mass is 16.8. The Kier molecular flexibility index (Phi) is 2.91. The van der Waals surface area contributed by atoms with Gasteiger partial charge in [-0.2, -0.15) is 4.73 Å². The second-order valence-electron chi connectivity index (χ2n) is 3.27. The van der Waals surface area contributed by atoms with E-state index in [1.54, 1.807) is 36.4 Å². The molecule has 0 saturated heterocycles. The number of benzene rings is 1. The molecule has 0 aliphatic heterocycles. The monoisotopic (exact) mass is 231 g/mol. The van der Waals surface area contributed by atoms with Gasteiger partial charge in [0.2, 0.25) is 5.78 Å². The van der Waals surface area contributed by atoms with Crippen molar-refractivity contribution in [2.75, 3.05) is 0 Å². The summed E-state index contributed by atoms with van der Waals surface area (Å²) in [6.07, 6.45) is -0.104. The number of carbonyl (C=O) groups is 2. The number of hydrogen-bond acceptors (Lipinski definition) is 3. The van der Waals surface area contributed by atoms with Crippen molar-refractivity contribution in [3.05, 3.63) is 59.9 Å². The van der Waals surface area contributed by atoms with Crippen molar-refractivity contribution in [2.45, 2.75) is 0 Å². The van der Waals surface area contributed by atoms with Gasteiger partial charge < -0.3 is 9.94 Å². The molecule has 0 atom stereocenters. The molecular formula is C12H9NO4. The van der Waals surface area contributed by atoms with Gasteiger partial charge in [0.25, 0.3) is 0 Å². The Morgan fingerprint density at radius 1 is 1.06 bits per heavy atom. The predicted molar refractivity (Wildman–Crippen MR) is 58.9 cm³/mol. The summed E-state index contributed by atoms with van der Waals surface area (Å²) in [7, 11) is 0. The van der Waals surface area contributed by atoms with Crippen LogP contribution in [0.1, 0.15) is 16.1 Å². The lowest BCUT2D eigenvalue weighted by atomic mass is 10.1. The summed E-state index contributed by atoms with van der Waals surface area (Å²) in [5.74, 6) is -0.295. The Morgan fingerprint density at radius 3 is 2.41 bits per heavy atom.